The van der Waals surface area contributed by atoms with E-state index >= 15 is 0 Å². The average Bonchev–Trinajstić information content (AvgIpc) is 2.88. The van der Waals surface area contributed by atoms with Crippen molar-refractivity contribution in [1.82, 2.24) is 9.59 Å². The van der Waals surface area contributed by atoms with Gasteiger partial charge >= 0.3 is 0 Å². The summed E-state index contributed by atoms with van der Waals surface area (Å²) in [5.74, 6) is -1.04. The molecule has 0 atom stereocenters. The Hall–Kier alpha value is -1.79. The Bertz CT molecular complexity index is 698. The van der Waals surface area contributed by atoms with Crippen LogP contribution in [0.15, 0.2) is 18.2 Å². The van der Waals surface area contributed by atoms with E-state index < -0.39 is 11.7 Å². The number of Topliss-reactive ketones (excluding diaryl/α,β-unsaturated/α-hetero) is 1. The summed E-state index contributed by atoms with van der Waals surface area (Å²) in [6.07, 6.45) is 0. The Labute approximate surface area is 118 Å². The summed E-state index contributed by atoms with van der Waals surface area (Å²) in [6.45, 7) is 2.04. The van der Waals surface area contributed by atoms with Gasteiger partial charge in [0.05, 0.1) is 17.8 Å². The third-order valence-corrected chi connectivity index (χ3v) is 3.93. The summed E-state index contributed by atoms with van der Waals surface area (Å²) >= 11 is 6.98. The number of rotatable bonds is 2. The second-order valence-corrected chi connectivity index (χ2v) is 5.59. The van der Waals surface area contributed by atoms with Gasteiger partial charge in [-0.15, -0.1) is 5.10 Å². The number of nitrogens with zero attached hydrogens (tertiary/aromatic N) is 3. The third-order valence-electron chi connectivity index (χ3n) is 2.94. The van der Waals surface area contributed by atoms with Crippen LogP contribution in [0.5, 0.6) is 0 Å². The number of anilines is 1. The molecule has 1 amide bonds. The second kappa shape index (κ2) is 4.40. The molecule has 96 valence electrons. The van der Waals surface area contributed by atoms with E-state index in [9.17, 15) is 9.59 Å². The summed E-state index contributed by atoms with van der Waals surface area (Å²) in [5, 5.41) is 3.86. The Balaban J connectivity index is 2.02. The molecule has 0 aliphatic carbocycles. The molecular weight excluding hydrogens is 286 g/mol. The molecule has 0 N–H and O–H groups in total. The highest BCUT2D eigenvalue weighted by molar-refractivity contribution is 7.10. The lowest BCUT2D eigenvalue weighted by Crippen LogP contribution is -2.29. The smallest absolute Gasteiger partial charge is 0.299 e. The van der Waals surface area contributed by atoms with Crippen LogP contribution in [0.3, 0.4) is 0 Å². The van der Waals surface area contributed by atoms with Gasteiger partial charge in [-0.25, -0.2) is 0 Å². The number of benzene rings is 1. The van der Waals surface area contributed by atoms with Gasteiger partial charge in [0.25, 0.3) is 11.7 Å². The van der Waals surface area contributed by atoms with Crippen molar-refractivity contribution in [3.05, 3.63) is 39.4 Å². The molecule has 3 rings (SSSR count). The normalized spacial score (nSPS) is 14.1. The minimum absolute atomic E-state index is 0.163. The predicted molar refractivity (Wildman–Crippen MR) is 71.6 cm³/mol. The molecule has 0 spiro atoms. The zero-order valence-electron chi connectivity index (χ0n) is 9.88. The van der Waals surface area contributed by atoms with Crippen LogP contribution in [0, 0.1) is 6.92 Å². The molecule has 2 heterocycles. The van der Waals surface area contributed by atoms with Crippen molar-refractivity contribution in [2.45, 2.75) is 13.5 Å². The van der Waals surface area contributed by atoms with Crippen LogP contribution in [-0.4, -0.2) is 21.3 Å². The number of amides is 1. The summed E-state index contributed by atoms with van der Waals surface area (Å²) < 4.78 is 4.15. The first-order valence-corrected chi connectivity index (χ1v) is 6.66. The molecule has 0 saturated carbocycles. The molecule has 0 saturated heterocycles. The minimum Gasteiger partial charge on any atom is -0.299 e. The highest BCUT2D eigenvalue weighted by Gasteiger charge is 2.36. The molecule has 0 fully saturated rings. The van der Waals surface area contributed by atoms with Gasteiger partial charge in [-0.3, -0.25) is 14.5 Å². The second-order valence-electron chi connectivity index (χ2n) is 4.23. The van der Waals surface area contributed by atoms with E-state index in [1.165, 1.54) is 4.90 Å². The van der Waals surface area contributed by atoms with Crippen LogP contribution >= 0.6 is 23.1 Å². The molecule has 0 unspecified atom stereocenters. The summed E-state index contributed by atoms with van der Waals surface area (Å²) in [4.78, 5) is 25.3. The molecule has 7 heteroatoms. The number of hydrogen-bond acceptors (Lipinski definition) is 5. The van der Waals surface area contributed by atoms with Crippen LogP contribution in [0.1, 0.15) is 21.6 Å². The van der Waals surface area contributed by atoms with E-state index in [1.807, 2.05) is 13.0 Å². The van der Waals surface area contributed by atoms with E-state index in [0.29, 0.717) is 21.3 Å². The number of halogens is 1. The van der Waals surface area contributed by atoms with Gasteiger partial charge in [0.2, 0.25) is 0 Å². The number of hydrogen-bond donors (Lipinski definition) is 0. The molecule has 1 aromatic carbocycles. The van der Waals surface area contributed by atoms with E-state index in [2.05, 4.69) is 9.59 Å². The third kappa shape index (κ3) is 1.93. The van der Waals surface area contributed by atoms with Crippen LogP contribution in [0.25, 0.3) is 0 Å². The molecule has 5 nitrogen and oxygen atoms in total. The van der Waals surface area contributed by atoms with Gasteiger partial charge in [-0.1, -0.05) is 27.7 Å². The highest BCUT2D eigenvalue weighted by atomic mass is 35.5. The first-order valence-electron chi connectivity index (χ1n) is 5.51. The fraction of sp³-hybridized carbons (Fsp3) is 0.167. The Morgan fingerprint density at radius 2 is 2.16 bits per heavy atom. The molecule has 2 aromatic rings. The largest absolute Gasteiger partial charge is 0.299 e. The zero-order chi connectivity index (χ0) is 13.6. The first-order chi connectivity index (χ1) is 9.08. The number of aromatic nitrogens is 2. The van der Waals surface area contributed by atoms with Crippen molar-refractivity contribution in [1.29, 1.82) is 0 Å². The Morgan fingerprint density at radius 1 is 1.37 bits per heavy atom. The van der Waals surface area contributed by atoms with Crippen molar-refractivity contribution in [2.24, 2.45) is 0 Å². The number of aryl methyl sites for hydroxylation is 1. The monoisotopic (exact) mass is 293 g/mol. The van der Waals surface area contributed by atoms with Crippen molar-refractivity contribution in [3.63, 3.8) is 0 Å². The van der Waals surface area contributed by atoms with E-state index in [1.54, 1.807) is 12.1 Å². The van der Waals surface area contributed by atoms with Crippen LogP contribution in [0.4, 0.5) is 5.69 Å². The molecule has 0 bridgehead atoms. The Morgan fingerprint density at radius 3 is 2.84 bits per heavy atom. The van der Waals surface area contributed by atoms with Gasteiger partial charge in [0.15, 0.2) is 0 Å². The lowest BCUT2D eigenvalue weighted by molar-refractivity contribution is -0.114. The lowest BCUT2D eigenvalue weighted by Gasteiger charge is -2.14. The molecule has 1 aliphatic heterocycles. The number of fused-ring (bicyclic) bond motifs is 1. The van der Waals surface area contributed by atoms with Crippen molar-refractivity contribution in [3.8, 4) is 0 Å². The van der Waals surface area contributed by atoms with E-state index in [-0.39, 0.29) is 6.54 Å². The Kier molecular flexibility index (Phi) is 2.83. The van der Waals surface area contributed by atoms with Gasteiger partial charge < -0.3 is 0 Å². The number of carbonyl (C=O) groups is 2. The molecular formula is C12H8ClN3O2S. The van der Waals surface area contributed by atoms with Crippen LogP contribution in [0.2, 0.25) is 4.34 Å². The zero-order valence-corrected chi connectivity index (χ0v) is 11.5. The van der Waals surface area contributed by atoms with E-state index in [0.717, 1.165) is 17.1 Å². The van der Waals surface area contributed by atoms with Gasteiger partial charge in [0.1, 0.15) is 10.0 Å². The molecule has 0 radical (unpaired) electrons. The van der Waals surface area contributed by atoms with Crippen LogP contribution < -0.4 is 4.90 Å². The fourth-order valence-electron chi connectivity index (χ4n) is 2.01. The van der Waals surface area contributed by atoms with E-state index in [4.69, 9.17) is 11.6 Å². The maximum absolute atomic E-state index is 12.0. The van der Waals surface area contributed by atoms with Crippen molar-refractivity contribution < 1.29 is 9.59 Å². The number of ketones is 1. The first kappa shape index (κ1) is 12.3. The summed E-state index contributed by atoms with van der Waals surface area (Å²) in [5.41, 5.74) is 2.48. The predicted octanol–water partition coefficient (Wildman–Crippen LogP) is 2.23. The highest BCUT2D eigenvalue weighted by Crippen LogP contribution is 2.32. The standard InChI is InChI=1S/C12H8ClN3O2S/c1-6-2-3-9-7(4-6)10(17)12(18)16(9)5-8-11(13)19-15-14-8/h2-4H,5H2,1H3. The maximum atomic E-state index is 12.0. The molecule has 19 heavy (non-hydrogen) atoms. The lowest BCUT2D eigenvalue weighted by atomic mass is 10.1. The van der Waals surface area contributed by atoms with Crippen molar-refractivity contribution in [2.75, 3.05) is 4.90 Å². The van der Waals surface area contributed by atoms with Gasteiger partial charge in [-0.05, 0) is 19.1 Å². The topological polar surface area (TPSA) is 63.2 Å². The summed E-state index contributed by atoms with van der Waals surface area (Å²) in [6, 6.07) is 5.34. The van der Waals surface area contributed by atoms with Gasteiger partial charge in [-0.2, -0.15) is 0 Å². The minimum atomic E-state index is -0.551. The SMILES string of the molecule is Cc1ccc2c(c1)C(=O)C(=O)N2Cc1nnsc1Cl. The van der Waals surface area contributed by atoms with Gasteiger partial charge in [0, 0.05) is 11.5 Å². The molecule has 1 aliphatic rings. The van der Waals surface area contributed by atoms with Crippen molar-refractivity contribution >= 4 is 40.5 Å². The summed E-state index contributed by atoms with van der Waals surface area (Å²) in [7, 11) is 0. The molecule has 1 aromatic heterocycles. The maximum Gasteiger partial charge on any atom is 0.299 e. The van der Waals surface area contributed by atoms with Crippen LogP contribution in [-0.2, 0) is 11.3 Å². The number of carbonyl (C=O) groups excluding carboxylic acids is 2. The average molecular weight is 294 g/mol. The fourth-order valence-corrected chi connectivity index (χ4v) is 2.62. The quantitative estimate of drug-likeness (QED) is 0.797.